The molecule has 1 atom stereocenters. The van der Waals surface area contributed by atoms with Gasteiger partial charge in [-0.3, -0.25) is 9.69 Å². The molecule has 1 aromatic rings. The van der Waals surface area contributed by atoms with Crippen molar-refractivity contribution in [3.8, 4) is 0 Å². The van der Waals surface area contributed by atoms with E-state index in [2.05, 4.69) is 15.2 Å². The molecule has 2 heterocycles. The van der Waals surface area contributed by atoms with Gasteiger partial charge < -0.3 is 10.3 Å². The minimum absolute atomic E-state index is 0.0710. The summed E-state index contributed by atoms with van der Waals surface area (Å²) >= 11 is 0. The van der Waals surface area contributed by atoms with Crippen LogP contribution in [0.2, 0.25) is 0 Å². The topological polar surface area (TPSA) is 48.1 Å². The molecule has 1 unspecified atom stereocenters. The molecule has 0 radical (unpaired) electrons. The normalized spacial score (nSPS) is 20.1. The first-order chi connectivity index (χ1) is 7.29. The van der Waals surface area contributed by atoms with Crippen molar-refractivity contribution in [2.24, 2.45) is 0 Å². The monoisotopic (exact) mass is 207 g/mol. The zero-order valence-corrected chi connectivity index (χ0v) is 8.99. The van der Waals surface area contributed by atoms with Gasteiger partial charge in [0.05, 0.1) is 6.04 Å². The molecule has 0 saturated carbocycles. The summed E-state index contributed by atoms with van der Waals surface area (Å²) < 4.78 is 0. The number of piperazine rings is 1. The summed E-state index contributed by atoms with van der Waals surface area (Å²) in [5.74, 6) is 0.219. The molecule has 0 aromatic carbocycles. The number of rotatable bonds is 3. The Balaban J connectivity index is 2.15. The lowest BCUT2D eigenvalue weighted by Gasteiger charge is -2.33. The predicted molar refractivity (Wildman–Crippen MR) is 58.7 cm³/mol. The summed E-state index contributed by atoms with van der Waals surface area (Å²) in [6.45, 7) is 5.48. The van der Waals surface area contributed by atoms with Gasteiger partial charge in [-0.1, -0.05) is 0 Å². The molecule has 4 nitrogen and oxygen atoms in total. The second-order valence-electron chi connectivity index (χ2n) is 3.94. The molecule has 0 bridgehead atoms. The molecule has 1 saturated heterocycles. The largest absolute Gasteiger partial charge is 0.367 e. The van der Waals surface area contributed by atoms with Gasteiger partial charge >= 0.3 is 0 Å². The molecule has 1 aliphatic rings. The lowest BCUT2D eigenvalue weighted by Crippen LogP contribution is -2.46. The smallest absolute Gasteiger partial charge is 0.151 e. The van der Waals surface area contributed by atoms with Crippen molar-refractivity contribution in [2.75, 3.05) is 26.2 Å². The van der Waals surface area contributed by atoms with E-state index >= 15 is 0 Å². The fraction of sp³-hybridized carbons (Fsp3) is 0.545. The lowest BCUT2D eigenvalue weighted by atomic mass is 10.0. The Bertz CT molecular complexity index is 315. The molecule has 82 valence electrons. The molecule has 1 fully saturated rings. The van der Waals surface area contributed by atoms with Crippen molar-refractivity contribution in [1.82, 2.24) is 15.2 Å². The first-order valence-electron chi connectivity index (χ1n) is 5.37. The van der Waals surface area contributed by atoms with Crippen molar-refractivity contribution in [3.63, 3.8) is 0 Å². The van der Waals surface area contributed by atoms with Gasteiger partial charge in [0.1, 0.15) is 0 Å². The van der Waals surface area contributed by atoms with Crippen LogP contribution in [0.3, 0.4) is 0 Å². The van der Waals surface area contributed by atoms with E-state index in [1.165, 1.54) is 0 Å². The van der Waals surface area contributed by atoms with Crippen LogP contribution in [0, 0.1) is 0 Å². The Morgan fingerprint density at radius 3 is 2.73 bits per heavy atom. The Morgan fingerprint density at radius 1 is 1.47 bits per heavy atom. The van der Waals surface area contributed by atoms with E-state index in [0.29, 0.717) is 0 Å². The van der Waals surface area contributed by atoms with Gasteiger partial charge in [0.2, 0.25) is 0 Å². The maximum atomic E-state index is 11.7. The van der Waals surface area contributed by atoms with Crippen LogP contribution in [0.5, 0.6) is 0 Å². The average Bonchev–Trinajstić information content (AvgIpc) is 2.72. The third-order valence-corrected chi connectivity index (χ3v) is 2.84. The molecular weight excluding hydrogens is 190 g/mol. The van der Waals surface area contributed by atoms with Crippen LogP contribution in [0.15, 0.2) is 18.5 Å². The number of Topliss-reactive ketones (excluding diaryl/α,β-unsaturated/α-hetero) is 1. The number of aromatic amines is 1. The number of aromatic nitrogens is 1. The lowest BCUT2D eigenvalue weighted by molar-refractivity contribution is -0.122. The van der Waals surface area contributed by atoms with Gasteiger partial charge in [0.15, 0.2) is 5.78 Å². The molecule has 15 heavy (non-hydrogen) atoms. The maximum Gasteiger partial charge on any atom is 0.151 e. The highest BCUT2D eigenvalue weighted by Crippen LogP contribution is 2.21. The van der Waals surface area contributed by atoms with Gasteiger partial charge in [-0.15, -0.1) is 0 Å². The minimum Gasteiger partial charge on any atom is -0.367 e. The van der Waals surface area contributed by atoms with Crippen molar-refractivity contribution in [1.29, 1.82) is 0 Å². The summed E-state index contributed by atoms with van der Waals surface area (Å²) in [7, 11) is 0. The standard InChI is InChI=1S/C11H17N3O/c1-9(15)11(10-2-3-13-8-10)14-6-4-12-5-7-14/h2-3,8,11-13H,4-7H2,1H3. The zero-order chi connectivity index (χ0) is 10.7. The first kappa shape index (κ1) is 10.4. The summed E-state index contributed by atoms with van der Waals surface area (Å²) in [6.07, 6.45) is 3.78. The minimum atomic E-state index is -0.0710. The van der Waals surface area contributed by atoms with Crippen molar-refractivity contribution in [3.05, 3.63) is 24.0 Å². The van der Waals surface area contributed by atoms with Gasteiger partial charge in [-0.2, -0.15) is 0 Å². The van der Waals surface area contributed by atoms with Crippen LogP contribution >= 0.6 is 0 Å². The van der Waals surface area contributed by atoms with E-state index in [1.54, 1.807) is 6.92 Å². The summed E-state index contributed by atoms with van der Waals surface area (Å²) in [5.41, 5.74) is 1.07. The Labute approximate surface area is 89.7 Å². The highest BCUT2D eigenvalue weighted by Gasteiger charge is 2.25. The van der Waals surface area contributed by atoms with Crippen LogP contribution in [0.25, 0.3) is 0 Å². The van der Waals surface area contributed by atoms with E-state index in [-0.39, 0.29) is 11.8 Å². The number of nitrogens with zero attached hydrogens (tertiary/aromatic N) is 1. The Kier molecular flexibility index (Phi) is 3.18. The van der Waals surface area contributed by atoms with E-state index in [9.17, 15) is 4.79 Å². The molecule has 0 aliphatic carbocycles. The number of nitrogens with one attached hydrogen (secondary N) is 2. The molecule has 1 aliphatic heterocycles. The number of carbonyl (C=O) groups is 1. The fourth-order valence-corrected chi connectivity index (χ4v) is 2.15. The molecule has 4 heteroatoms. The van der Waals surface area contributed by atoms with Crippen LogP contribution in [0.1, 0.15) is 18.5 Å². The highest BCUT2D eigenvalue weighted by atomic mass is 16.1. The Hall–Kier alpha value is -1.13. The van der Waals surface area contributed by atoms with Gasteiger partial charge in [0.25, 0.3) is 0 Å². The maximum absolute atomic E-state index is 11.7. The summed E-state index contributed by atoms with van der Waals surface area (Å²) in [5, 5.41) is 3.29. The third-order valence-electron chi connectivity index (χ3n) is 2.84. The number of carbonyl (C=O) groups excluding carboxylic acids is 1. The first-order valence-corrected chi connectivity index (χ1v) is 5.37. The van der Waals surface area contributed by atoms with Gasteiger partial charge in [-0.25, -0.2) is 0 Å². The van der Waals surface area contributed by atoms with Crippen LogP contribution in [-0.4, -0.2) is 41.8 Å². The number of hydrogen-bond acceptors (Lipinski definition) is 3. The van der Waals surface area contributed by atoms with Crippen molar-refractivity contribution < 1.29 is 4.79 Å². The SMILES string of the molecule is CC(=O)C(c1cc[nH]c1)N1CCNCC1. The fourth-order valence-electron chi connectivity index (χ4n) is 2.15. The molecule has 0 spiro atoms. The van der Waals surface area contributed by atoms with Crippen LogP contribution in [0.4, 0.5) is 0 Å². The highest BCUT2D eigenvalue weighted by molar-refractivity contribution is 5.82. The van der Waals surface area contributed by atoms with E-state index in [0.717, 1.165) is 31.7 Å². The third kappa shape index (κ3) is 2.27. The van der Waals surface area contributed by atoms with Crippen LogP contribution < -0.4 is 5.32 Å². The summed E-state index contributed by atoms with van der Waals surface area (Å²) in [6, 6.07) is 1.91. The molecular formula is C11H17N3O. The second-order valence-corrected chi connectivity index (χ2v) is 3.94. The predicted octanol–water partition coefficient (Wildman–Crippen LogP) is 0.550. The quantitative estimate of drug-likeness (QED) is 0.761. The van der Waals surface area contributed by atoms with E-state index in [4.69, 9.17) is 0 Å². The van der Waals surface area contributed by atoms with E-state index < -0.39 is 0 Å². The van der Waals surface area contributed by atoms with Gasteiger partial charge in [-0.05, 0) is 18.6 Å². The molecule has 2 rings (SSSR count). The van der Waals surface area contributed by atoms with E-state index in [1.807, 2.05) is 18.5 Å². The number of H-pyrrole nitrogens is 1. The zero-order valence-electron chi connectivity index (χ0n) is 8.99. The average molecular weight is 207 g/mol. The molecule has 1 aromatic heterocycles. The van der Waals surface area contributed by atoms with Crippen molar-refractivity contribution in [2.45, 2.75) is 13.0 Å². The number of hydrogen-bond donors (Lipinski definition) is 2. The second kappa shape index (κ2) is 4.59. The van der Waals surface area contributed by atoms with Gasteiger partial charge in [0, 0.05) is 38.6 Å². The molecule has 2 N–H and O–H groups in total. The Morgan fingerprint density at radius 2 is 2.20 bits per heavy atom. The van der Waals surface area contributed by atoms with Crippen molar-refractivity contribution >= 4 is 5.78 Å². The molecule has 0 amide bonds. The van der Waals surface area contributed by atoms with Crippen LogP contribution in [-0.2, 0) is 4.79 Å². The number of ketones is 1. The summed E-state index contributed by atoms with van der Waals surface area (Å²) in [4.78, 5) is 16.9.